The Bertz CT molecular complexity index is 736. The molecule has 29 heavy (non-hydrogen) atoms. The first-order valence-electron chi connectivity index (χ1n) is 9.49. The monoisotopic (exact) mass is 417 g/mol. The number of ether oxygens (including phenoxy) is 2. The zero-order chi connectivity index (χ0) is 21.2. The number of rotatable bonds is 4. The van der Waals surface area contributed by atoms with E-state index in [1.54, 1.807) is 12.1 Å². The summed E-state index contributed by atoms with van der Waals surface area (Å²) in [5.41, 5.74) is 0.439. The summed E-state index contributed by atoms with van der Waals surface area (Å²) in [4.78, 5) is 16.7. The Morgan fingerprint density at radius 2 is 1.90 bits per heavy atom. The zero-order valence-corrected chi connectivity index (χ0v) is 16.5. The van der Waals surface area contributed by atoms with Crippen LogP contribution in [-0.2, 0) is 11.3 Å². The topological polar surface area (TPSA) is 65.5 Å². The molecule has 2 fully saturated rings. The minimum absolute atomic E-state index is 0.222. The van der Waals surface area contributed by atoms with Crippen molar-refractivity contribution in [1.82, 2.24) is 9.80 Å². The Morgan fingerprint density at radius 1 is 1.21 bits per heavy atom. The first-order valence-corrected chi connectivity index (χ1v) is 9.49. The molecule has 2 aliphatic heterocycles. The van der Waals surface area contributed by atoms with Crippen LogP contribution in [-0.4, -0.2) is 78.8 Å². The SMILES string of the molecule is CC1(C)CN(Cc2ccc(N3CCOCC3)cc2OC(F)(F)F)CCN1C(=O)O. The van der Waals surface area contributed by atoms with Crippen molar-refractivity contribution in [2.75, 3.05) is 50.8 Å². The van der Waals surface area contributed by atoms with Crippen molar-refractivity contribution in [2.45, 2.75) is 32.3 Å². The number of hydrogen-bond acceptors (Lipinski definition) is 5. The fourth-order valence-corrected chi connectivity index (χ4v) is 3.90. The molecule has 7 nitrogen and oxygen atoms in total. The van der Waals surface area contributed by atoms with Crippen molar-refractivity contribution in [3.05, 3.63) is 23.8 Å². The Morgan fingerprint density at radius 3 is 2.48 bits per heavy atom. The summed E-state index contributed by atoms with van der Waals surface area (Å²) in [6.07, 6.45) is -5.79. The van der Waals surface area contributed by atoms with Gasteiger partial charge in [0.2, 0.25) is 0 Å². The van der Waals surface area contributed by atoms with Gasteiger partial charge in [0.15, 0.2) is 0 Å². The number of hydrogen-bond donors (Lipinski definition) is 1. The molecule has 0 saturated carbocycles. The molecule has 0 bridgehead atoms. The molecule has 1 aromatic carbocycles. The van der Waals surface area contributed by atoms with Gasteiger partial charge in [-0.25, -0.2) is 4.79 Å². The molecule has 3 rings (SSSR count). The van der Waals surface area contributed by atoms with Crippen molar-refractivity contribution >= 4 is 11.8 Å². The zero-order valence-electron chi connectivity index (χ0n) is 16.5. The number of anilines is 1. The highest BCUT2D eigenvalue weighted by Crippen LogP contribution is 2.33. The molecular formula is C19H26F3N3O4. The van der Waals surface area contributed by atoms with E-state index in [-0.39, 0.29) is 12.3 Å². The third-order valence-electron chi connectivity index (χ3n) is 5.26. The lowest BCUT2D eigenvalue weighted by atomic mass is 9.98. The van der Waals surface area contributed by atoms with Crippen LogP contribution in [0.15, 0.2) is 18.2 Å². The molecule has 0 aliphatic carbocycles. The van der Waals surface area contributed by atoms with Gasteiger partial charge in [-0.1, -0.05) is 6.07 Å². The standard InChI is InChI=1S/C19H26F3N3O4/c1-18(2)13-23(5-6-25(18)17(26)27)12-14-3-4-15(24-7-9-28-10-8-24)11-16(14)29-19(20,21)22/h3-4,11H,5-10,12-13H2,1-2H3,(H,26,27). The van der Waals surface area contributed by atoms with E-state index in [1.807, 2.05) is 23.6 Å². The molecule has 0 aromatic heterocycles. The van der Waals surface area contributed by atoms with Crippen LogP contribution in [0.4, 0.5) is 23.7 Å². The molecule has 0 atom stereocenters. The lowest BCUT2D eigenvalue weighted by Gasteiger charge is -2.45. The molecule has 2 aliphatic rings. The van der Waals surface area contributed by atoms with E-state index in [0.717, 1.165) is 0 Å². The van der Waals surface area contributed by atoms with Crippen LogP contribution in [0.1, 0.15) is 19.4 Å². The molecule has 1 N–H and O–H groups in total. The number of halogens is 3. The van der Waals surface area contributed by atoms with Crippen molar-refractivity contribution in [3.63, 3.8) is 0 Å². The van der Waals surface area contributed by atoms with Crippen molar-refractivity contribution < 1.29 is 32.5 Å². The summed E-state index contributed by atoms with van der Waals surface area (Å²) in [6, 6.07) is 4.87. The number of morpholine rings is 1. The normalized spacial score (nSPS) is 20.6. The molecule has 0 radical (unpaired) electrons. The van der Waals surface area contributed by atoms with E-state index in [4.69, 9.17) is 4.74 Å². The lowest BCUT2D eigenvalue weighted by molar-refractivity contribution is -0.275. The minimum atomic E-state index is -4.79. The van der Waals surface area contributed by atoms with Crippen LogP contribution in [0.2, 0.25) is 0 Å². The molecule has 10 heteroatoms. The van der Waals surface area contributed by atoms with E-state index in [9.17, 15) is 23.1 Å². The Labute approximate surface area is 167 Å². The summed E-state index contributed by atoms with van der Waals surface area (Å²) in [5, 5.41) is 9.32. The fourth-order valence-electron chi connectivity index (χ4n) is 3.90. The van der Waals surface area contributed by atoms with Gasteiger partial charge in [0.1, 0.15) is 5.75 Å². The smallest absolute Gasteiger partial charge is 0.465 e. The van der Waals surface area contributed by atoms with Crippen molar-refractivity contribution in [1.29, 1.82) is 0 Å². The van der Waals surface area contributed by atoms with E-state index < -0.39 is 18.0 Å². The van der Waals surface area contributed by atoms with Crippen LogP contribution in [0.25, 0.3) is 0 Å². The minimum Gasteiger partial charge on any atom is -0.465 e. The number of alkyl halides is 3. The summed E-state index contributed by atoms with van der Waals surface area (Å²) >= 11 is 0. The van der Waals surface area contributed by atoms with E-state index in [0.29, 0.717) is 57.2 Å². The summed E-state index contributed by atoms with van der Waals surface area (Å²) in [6.45, 7) is 7.27. The molecule has 2 saturated heterocycles. The highest BCUT2D eigenvalue weighted by molar-refractivity contribution is 5.66. The quantitative estimate of drug-likeness (QED) is 0.813. The van der Waals surface area contributed by atoms with E-state index >= 15 is 0 Å². The van der Waals surface area contributed by atoms with Crippen LogP contribution in [0.5, 0.6) is 5.75 Å². The Kier molecular flexibility index (Phi) is 6.13. The van der Waals surface area contributed by atoms with Crippen LogP contribution in [0, 0.1) is 0 Å². The number of carboxylic acid groups (broad SMARTS) is 1. The second-order valence-electron chi connectivity index (χ2n) is 7.90. The maximum atomic E-state index is 13.0. The predicted octanol–water partition coefficient (Wildman–Crippen LogP) is 3.00. The van der Waals surface area contributed by atoms with Crippen molar-refractivity contribution in [3.8, 4) is 5.75 Å². The molecule has 2 heterocycles. The predicted molar refractivity (Wildman–Crippen MR) is 100 cm³/mol. The maximum Gasteiger partial charge on any atom is 0.573 e. The lowest BCUT2D eigenvalue weighted by Crippen LogP contribution is -2.60. The van der Waals surface area contributed by atoms with Crippen LogP contribution < -0.4 is 9.64 Å². The molecular weight excluding hydrogens is 391 g/mol. The average Bonchev–Trinajstić information content (AvgIpc) is 2.61. The van der Waals surface area contributed by atoms with E-state index in [1.165, 1.54) is 11.0 Å². The van der Waals surface area contributed by atoms with Crippen LogP contribution in [0.3, 0.4) is 0 Å². The average molecular weight is 417 g/mol. The van der Waals surface area contributed by atoms with Gasteiger partial charge in [0.05, 0.1) is 18.8 Å². The Balaban J connectivity index is 1.79. The van der Waals surface area contributed by atoms with Gasteiger partial charge in [-0.3, -0.25) is 4.90 Å². The van der Waals surface area contributed by atoms with Gasteiger partial charge in [-0.15, -0.1) is 13.2 Å². The second kappa shape index (κ2) is 8.27. The first-order chi connectivity index (χ1) is 13.5. The molecule has 1 amide bonds. The highest BCUT2D eigenvalue weighted by atomic mass is 19.4. The van der Waals surface area contributed by atoms with Gasteiger partial charge >= 0.3 is 12.5 Å². The maximum absolute atomic E-state index is 13.0. The number of nitrogens with zero attached hydrogens (tertiary/aromatic N) is 3. The molecule has 0 spiro atoms. The number of amides is 1. The highest BCUT2D eigenvalue weighted by Gasteiger charge is 2.37. The fraction of sp³-hybridized carbons (Fsp3) is 0.632. The summed E-state index contributed by atoms with van der Waals surface area (Å²) in [7, 11) is 0. The van der Waals surface area contributed by atoms with Crippen molar-refractivity contribution in [2.24, 2.45) is 0 Å². The van der Waals surface area contributed by atoms with E-state index in [2.05, 4.69) is 4.74 Å². The molecule has 1 aromatic rings. The number of benzene rings is 1. The second-order valence-corrected chi connectivity index (χ2v) is 7.90. The molecule has 162 valence electrons. The Hall–Kier alpha value is -2.20. The number of carbonyl (C=O) groups is 1. The third kappa shape index (κ3) is 5.45. The largest absolute Gasteiger partial charge is 0.573 e. The van der Waals surface area contributed by atoms with Gasteiger partial charge in [0, 0.05) is 56.6 Å². The first kappa shape index (κ1) is 21.5. The molecule has 0 unspecified atom stereocenters. The summed E-state index contributed by atoms with van der Waals surface area (Å²) in [5.74, 6) is -0.222. The number of piperazine rings is 1. The van der Waals surface area contributed by atoms with Gasteiger partial charge in [0.25, 0.3) is 0 Å². The van der Waals surface area contributed by atoms with Crippen LogP contribution >= 0.6 is 0 Å². The van der Waals surface area contributed by atoms with Gasteiger partial charge in [-0.2, -0.15) is 0 Å². The third-order valence-corrected chi connectivity index (χ3v) is 5.26. The van der Waals surface area contributed by atoms with Gasteiger partial charge < -0.3 is 24.4 Å². The van der Waals surface area contributed by atoms with Gasteiger partial charge in [-0.05, 0) is 19.9 Å². The summed E-state index contributed by atoms with van der Waals surface area (Å²) < 4.78 is 48.6.